The molecule has 3 aromatic rings. The van der Waals surface area contributed by atoms with Gasteiger partial charge in [-0.3, -0.25) is 0 Å². The van der Waals surface area contributed by atoms with Crippen molar-refractivity contribution in [2.75, 3.05) is 23.8 Å². The lowest BCUT2D eigenvalue weighted by Crippen LogP contribution is -2.28. The zero-order chi connectivity index (χ0) is 18.1. The first kappa shape index (κ1) is 16.8. The van der Waals surface area contributed by atoms with Gasteiger partial charge in [-0.2, -0.15) is 0 Å². The van der Waals surface area contributed by atoms with Gasteiger partial charge in [-0.25, -0.2) is 15.0 Å². The number of hydrogen-bond acceptors (Lipinski definition) is 6. The van der Waals surface area contributed by atoms with Crippen LogP contribution in [-0.2, 0) is 5.41 Å². The van der Waals surface area contributed by atoms with Crippen LogP contribution in [0, 0.1) is 0 Å². The van der Waals surface area contributed by atoms with Crippen LogP contribution in [-0.4, -0.2) is 33.2 Å². The number of para-hydroxylation sites is 1. The average molecular weight is 368 g/mol. The Kier molecular flexibility index (Phi) is 4.22. The molecular weight excluding hydrogens is 350 g/mol. The third-order valence-electron chi connectivity index (χ3n) is 4.60. The summed E-state index contributed by atoms with van der Waals surface area (Å²) in [6.45, 7) is 2.74. The zero-order valence-electron chi connectivity index (χ0n) is 14.2. The third kappa shape index (κ3) is 2.98. The van der Waals surface area contributed by atoms with E-state index in [2.05, 4.69) is 25.6 Å². The van der Waals surface area contributed by atoms with E-state index in [1.165, 1.54) is 0 Å². The quantitative estimate of drug-likeness (QED) is 0.653. The number of nitrogens with zero attached hydrogens (tertiary/aromatic N) is 3. The van der Waals surface area contributed by atoms with Crippen LogP contribution in [0.5, 0.6) is 0 Å². The van der Waals surface area contributed by atoms with E-state index in [1.807, 2.05) is 37.3 Å². The molecule has 0 spiro atoms. The number of hydrogen-bond donors (Lipinski definition) is 3. The topological polar surface area (TPSA) is 83.0 Å². The van der Waals surface area contributed by atoms with Gasteiger partial charge in [0.15, 0.2) is 0 Å². The van der Waals surface area contributed by atoms with Gasteiger partial charge in [0.25, 0.3) is 0 Å². The Labute approximate surface area is 156 Å². The molecule has 3 heterocycles. The van der Waals surface area contributed by atoms with Gasteiger partial charge in [0.05, 0.1) is 23.0 Å². The summed E-state index contributed by atoms with van der Waals surface area (Å²) in [5, 5.41) is 16.7. The fourth-order valence-electron chi connectivity index (χ4n) is 2.98. The molecule has 0 fully saturated rings. The molecule has 0 bridgehead atoms. The van der Waals surface area contributed by atoms with Crippen LogP contribution in [0.15, 0.2) is 48.8 Å². The number of benzene rings is 1. The monoisotopic (exact) mass is 367 g/mol. The first-order chi connectivity index (χ1) is 12.6. The van der Waals surface area contributed by atoms with Crippen LogP contribution in [0.25, 0.3) is 11.3 Å². The largest absolute Gasteiger partial charge is 0.395 e. The highest BCUT2D eigenvalue weighted by Crippen LogP contribution is 2.37. The van der Waals surface area contributed by atoms with Crippen molar-refractivity contribution in [1.29, 1.82) is 0 Å². The maximum atomic E-state index is 9.75. The highest BCUT2D eigenvalue weighted by molar-refractivity contribution is 6.33. The minimum atomic E-state index is -0.343. The van der Waals surface area contributed by atoms with Crippen molar-refractivity contribution in [1.82, 2.24) is 15.0 Å². The maximum absolute atomic E-state index is 9.75. The molecule has 0 saturated heterocycles. The molecule has 6 nitrogen and oxygen atoms in total. The number of fused-ring (bicyclic) bond motifs is 1. The van der Waals surface area contributed by atoms with Crippen molar-refractivity contribution in [3.8, 4) is 11.3 Å². The molecule has 1 unspecified atom stereocenters. The fraction of sp³-hybridized carbons (Fsp3) is 0.211. The van der Waals surface area contributed by atoms with Crippen molar-refractivity contribution >= 4 is 29.1 Å². The Bertz CT molecular complexity index is 964. The van der Waals surface area contributed by atoms with Crippen LogP contribution in [0.2, 0.25) is 5.02 Å². The summed E-state index contributed by atoms with van der Waals surface area (Å²) in [5.41, 5.74) is 3.02. The van der Waals surface area contributed by atoms with Gasteiger partial charge in [0.1, 0.15) is 5.82 Å². The van der Waals surface area contributed by atoms with E-state index in [1.54, 1.807) is 18.5 Å². The molecule has 2 aromatic heterocycles. The third-order valence-corrected chi connectivity index (χ3v) is 4.93. The molecule has 1 aliphatic heterocycles. The Hall–Kier alpha value is -2.70. The lowest BCUT2D eigenvalue weighted by Gasteiger charge is -2.20. The molecule has 0 aliphatic carbocycles. The number of anilines is 3. The highest BCUT2D eigenvalue weighted by atomic mass is 35.5. The maximum Gasteiger partial charge on any atom is 0.227 e. The van der Waals surface area contributed by atoms with Gasteiger partial charge in [-0.1, -0.05) is 30.7 Å². The number of pyridine rings is 1. The summed E-state index contributed by atoms with van der Waals surface area (Å²) in [6, 6.07) is 11.3. The molecule has 4 rings (SSSR count). The van der Waals surface area contributed by atoms with Gasteiger partial charge in [0.2, 0.25) is 5.95 Å². The number of halogens is 1. The number of nitrogens with one attached hydrogen (secondary N) is 2. The standard InChI is InChI=1S/C19H18ClN5O/c1-19(11-26)10-23-17-13(19)8-12(9-22-17)15-6-7-21-18(24-15)25-16-5-3-2-4-14(16)20/h2-9,26H,10-11H2,1H3,(H,22,23)(H,21,24,25). The van der Waals surface area contributed by atoms with Crippen LogP contribution >= 0.6 is 11.6 Å². The minimum Gasteiger partial charge on any atom is -0.395 e. The van der Waals surface area contributed by atoms with E-state index in [0.29, 0.717) is 17.5 Å². The average Bonchev–Trinajstić information content (AvgIpc) is 3.01. The predicted octanol–water partition coefficient (Wildman–Crippen LogP) is 3.61. The van der Waals surface area contributed by atoms with E-state index < -0.39 is 0 Å². The lowest BCUT2D eigenvalue weighted by atomic mass is 9.85. The molecule has 132 valence electrons. The lowest BCUT2D eigenvalue weighted by molar-refractivity contribution is 0.218. The zero-order valence-corrected chi connectivity index (χ0v) is 15.0. The second-order valence-corrected chi connectivity index (χ2v) is 6.97. The number of aromatic nitrogens is 3. The Balaban J connectivity index is 1.68. The smallest absolute Gasteiger partial charge is 0.227 e. The number of aliphatic hydroxyl groups excluding tert-OH is 1. The Morgan fingerprint density at radius 2 is 2.12 bits per heavy atom. The van der Waals surface area contributed by atoms with E-state index in [4.69, 9.17) is 11.6 Å². The van der Waals surface area contributed by atoms with Crippen molar-refractivity contribution in [2.45, 2.75) is 12.3 Å². The van der Waals surface area contributed by atoms with Gasteiger partial charge in [0, 0.05) is 35.5 Å². The first-order valence-corrected chi connectivity index (χ1v) is 8.67. The van der Waals surface area contributed by atoms with Gasteiger partial charge < -0.3 is 15.7 Å². The summed E-state index contributed by atoms with van der Waals surface area (Å²) in [4.78, 5) is 13.3. The summed E-state index contributed by atoms with van der Waals surface area (Å²) < 4.78 is 0. The van der Waals surface area contributed by atoms with E-state index in [9.17, 15) is 5.11 Å². The van der Waals surface area contributed by atoms with Crippen LogP contribution in [0.1, 0.15) is 12.5 Å². The van der Waals surface area contributed by atoms with Gasteiger partial charge in [-0.15, -0.1) is 0 Å². The molecule has 0 amide bonds. The Morgan fingerprint density at radius 3 is 2.92 bits per heavy atom. The molecule has 1 aliphatic rings. The predicted molar refractivity (Wildman–Crippen MR) is 103 cm³/mol. The Morgan fingerprint density at radius 1 is 1.27 bits per heavy atom. The fourth-order valence-corrected chi connectivity index (χ4v) is 3.17. The highest BCUT2D eigenvalue weighted by Gasteiger charge is 2.35. The van der Waals surface area contributed by atoms with Crippen molar-refractivity contribution in [2.24, 2.45) is 0 Å². The number of rotatable bonds is 4. The first-order valence-electron chi connectivity index (χ1n) is 8.29. The SMILES string of the molecule is CC1(CO)CNc2ncc(-c3ccnc(Nc4ccccc4Cl)n3)cc21. The molecule has 26 heavy (non-hydrogen) atoms. The second-order valence-electron chi connectivity index (χ2n) is 6.56. The van der Waals surface area contributed by atoms with E-state index >= 15 is 0 Å². The van der Waals surface area contributed by atoms with Crippen LogP contribution in [0.3, 0.4) is 0 Å². The van der Waals surface area contributed by atoms with Crippen molar-refractivity contribution in [3.63, 3.8) is 0 Å². The molecule has 0 radical (unpaired) electrons. The number of aliphatic hydroxyl groups is 1. The van der Waals surface area contributed by atoms with E-state index in [0.717, 1.165) is 28.3 Å². The van der Waals surface area contributed by atoms with E-state index in [-0.39, 0.29) is 12.0 Å². The summed E-state index contributed by atoms with van der Waals surface area (Å²) >= 11 is 6.18. The summed E-state index contributed by atoms with van der Waals surface area (Å²) in [5.74, 6) is 1.27. The van der Waals surface area contributed by atoms with Gasteiger partial charge >= 0.3 is 0 Å². The normalized spacial score (nSPS) is 18.3. The molecule has 3 N–H and O–H groups in total. The molecule has 1 aromatic carbocycles. The molecular formula is C19H18ClN5O. The van der Waals surface area contributed by atoms with Crippen molar-refractivity contribution < 1.29 is 5.11 Å². The summed E-state index contributed by atoms with van der Waals surface area (Å²) in [7, 11) is 0. The van der Waals surface area contributed by atoms with Crippen LogP contribution in [0.4, 0.5) is 17.5 Å². The second kappa shape index (κ2) is 6.55. The van der Waals surface area contributed by atoms with Crippen molar-refractivity contribution in [3.05, 3.63) is 59.4 Å². The summed E-state index contributed by atoms with van der Waals surface area (Å²) in [6.07, 6.45) is 3.47. The molecule has 0 saturated carbocycles. The molecule has 7 heteroatoms. The minimum absolute atomic E-state index is 0.0568. The van der Waals surface area contributed by atoms with Crippen LogP contribution < -0.4 is 10.6 Å². The van der Waals surface area contributed by atoms with Gasteiger partial charge in [-0.05, 0) is 24.3 Å². The molecule has 1 atom stereocenters.